The van der Waals surface area contributed by atoms with Crippen LogP contribution >= 0.6 is 0 Å². The predicted octanol–water partition coefficient (Wildman–Crippen LogP) is 2.08. The molecule has 0 fully saturated rings. The van der Waals surface area contributed by atoms with E-state index in [0.717, 1.165) is 0 Å². The van der Waals surface area contributed by atoms with Crippen molar-refractivity contribution in [3.05, 3.63) is 23.3 Å². The van der Waals surface area contributed by atoms with Crippen molar-refractivity contribution in [2.45, 2.75) is 19.6 Å². The second-order valence-corrected chi connectivity index (χ2v) is 2.71. The van der Waals surface area contributed by atoms with Crippen LogP contribution in [0, 0.1) is 5.82 Å². The minimum Gasteiger partial charge on any atom is -0.402 e. The molecular formula is C8H6F5NO2. The topological polar surface area (TPSA) is 42.4 Å². The molecule has 1 heterocycles. The fourth-order valence-corrected chi connectivity index (χ4v) is 0.975. The molecule has 0 unspecified atom stereocenters. The largest absolute Gasteiger partial charge is 0.573 e. The Morgan fingerprint density at radius 2 is 2.00 bits per heavy atom. The number of halogens is 5. The number of hydrogen-bond acceptors (Lipinski definition) is 3. The first-order chi connectivity index (χ1) is 7.39. The molecule has 0 amide bonds. The molecule has 8 heteroatoms. The highest BCUT2D eigenvalue weighted by atomic mass is 19.4. The van der Waals surface area contributed by atoms with Crippen LogP contribution in [0.5, 0.6) is 5.75 Å². The third-order valence-electron chi connectivity index (χ3n) is 1.63. The molecule has 3 nitrogen and oxygen atoms in total. The minimum atomic E-state index is -5.14. The van der Waals surface area contributed by atoms with Gasteiger partial charge in [-0.25, -0.2) is 8.78 Å². The molecule has 1 aromatic heterocycles. The monoisotopic (exact) mass is 243 g/mol. The molecule has 1 N–H and O–H groups in total. The van der Waals surface area contributed by atoms with E-state index in [4.69, 9.17) is 5.11 Å². The Kier molecular flexibility index (Phi) is 3.63. The zero-order valence-corrected chi connectivity index (χ0v) is 7.68. The van der Waals surface area contributed by atoms with Gasteiger partial charge in [0.2, 0.25) is 0 Å². The summed E-state index contributed by atoms with van der Waals surface area (Å²) in [6.45, 7) is -2.27. The Bertz CT molecular complexity index is 379. The van der Waals surface area contributed by atoms with Crippen LogP contribution in [0.25, 0.3) is 0 Å². The second kappa shape index (κ2) is 4.60. The van der Waals surface area contributed by atoms with E-state index in [9.17, 15) is 22.0 Å². The van der Waals surface area contributed by atoms with Crippen molar-refractivity contribution < 1.29 is 31.8 Å². The predicted molar refractivity (Wildman–Crippen MR) is 41.6 cm³/mol. The first-order valence-electron chi connectivity index (χ1n) is 3.98. The van der Waals surface area contributed by atoms with Gasteiger partial charge in [0.05, 0.1) is 6.61 Å². The highest BCUT2D eigenvalue weighted by molar-refractivity contribution is 5.34. The molecule has 0 saturated carbocycles. The maximum absolute atomic E-state index is 13.2. The van der Waals surface area contributed by atoms with Crippen LogP contribution in [-0.2, 0) is 13.3 Å². The molecule has 0 aliphatic heterocycles. The van der Waals surface area contributed by atoms with E-state index in [-0.39, 0.29) is 0 Å². The third-order valence-corrected chi connectivity index (χ3v) is 1.63. The number of nitrogens with zero attached hydrogens (tertiary/aromatic N) is 1. The van der Waals surface area contributed by atoms with Crippen molar-refractivity contribution in [3.63, 3.8) is 0 Å². The number of aliphatic hydroxyl groups excluding tert-OH is 1. The number of aromatic nitrogens is 1. The van der Waals surface area contributed by atoms with E-state index < -0.39 is 42.5 Å². The summed E-state index contributed by atoms with van der Waals surface area (Å²) in [5.41, 5.74) is -1.32. The van der Waals surface area contributed by atoms with Gasteiger partial charge in [-0.15, -0.1) is 13.2 Å². The fourth-order valence-electron chi connectivity index (χ4n) is 0.975. The van der Waals surface area contributed by atoms with Crippen molar-refractivity contribution >= 4 is 0 Å². The quantitative estimate of drug-likeness (QED) is 0.826. The molecule has 1 rings (SSSR count). The first kappa shape index (κ1) is 12.6. The van der Waals surface area contributed by atoms with Crippen molar-refractivity contribution in [1.29, 1.82) is 0 Å². The lowest BCUT2D eigenvalue weighted by Gasteiger charge is -2.13. The molecule has 0 radical (unpaired) electrons. The summed E-state index contributed by atoms with van der Waals surface area (Å²) in [4.78, 5) is 3.25. The second-order valence-electron chi connectivity index (χ2n) is 2.71. The molecular weight excluding hydrogens is 237 g/mol. The molecule has 0 atom stereocenters. The Hall–Kier alpha value is -1.44. The lowest BCUT2D eigenvalue weighted by Crippen LogP contribution is -2.20. The average Bonchev–Trinajstić information content (AvgIpc) is 2.19. The van der Waals surface area contributed by atoms with Gasteiger partial charge in [-0.1, -0.05) is 0 Å². The summed E-state index contributed by atoms with van der Waals surface area (Å²) >= 11 is 0. The Labute approximate surface area is 86.5 Å². The Morgan fingerprint density at radius 3 is 2.44 bits per heavy atom. The zero-order chi connectivity index (χ0) is 12.3. The van der Waals surface area contributed by atoms with Crippen molar-refractivity contribution in [2.75, 3.05) is 0 Å². The lowest BCUT2D eigenvalue weighted by molar-refractivity contribution is -0.276. The fraction of sp³-hybridized carbons (Fsp3) is 0.375. The van der Waals surface area contributed by atoms with Crippen LogP contribution in [0.4, 0.5) is 22.0 Å². The highest BCUT2D eigenvalue weighted by Gasteiger charge is 2.34. The van der Waals surface area contributed by atoms with E-state index in [1.54, 1.807) is 0 Å². The summed E-state index contributed by atoms with van der Waals surface area (Å²) in [6.07, 6.45) is -4.46. The van der Waals surface area contributed by atoms with E-state index in [2.05, 4.69) is 9.72 Å². The summed E-state index contributed by atoms with van der Waals surface area (Å²) in [6, 6.07) is 0. The van der Waals surface area contributed by atoms with Gasteiger partial charge in [0.1, 0.15) is 12.4 Å². The van der Waals surface area contributed by atoms with Crippen LogP contribution in [0.3, 0.4) is 0 Å². The number of alkyl halides is 4. The average molecular weight is 243 g/mol. The molecule has 0 aliphatic carbocycles. The minimum absolute atomic E-state index is 0.642. The van der Waals surface area contributed by atoms with Crippen molar-refractivity contribution in [3.8, 4) is 5.75 Å². The maximum atomic E-state index is 13.2. The van der Waals surface area contributed by atoms with Crippen LogP contribution in [0.2, 0.25) is 0 Å². The molecule has 0 spiro atoms. The Morgan fingerprint density at radius 1 is 1.38 bits per heavy atom. The molecule has 16 heavy (non-hydrogen) atoms. The number of hydrogen-bond donors (Lipinski definition) is 1. The van der Waals surface area contributed by atoms with E-state index in [0.29, 0.717) is 6.20 Å². The molecule has 0 saturated heterocycles. The molecule has 0 aliphatic rings. The van der Waals surface area contributed by atoms with E-state index in [1.807, 2.05) is 0 Å². The van der Waals surface area contributed by atoms with Gasteiger partial charge < -0.3 is 9.84 Å². The Balaban J connectivity index is 3.21. The standard InChI is InChI=1S/C8H6F5NO2/c9-1-4-2-14-5(3-15)6(10)7(4)16-8(11,12)13/h2,15H,1,3H2. The smallest absolute Gasteiger partial charge is 0.402 e. The van der Waals surface area contributed by atoms with Crippen LogP contribution in [0.1, 0.15) is 11.3 Å². The van der Waals surface area contributed by atoms with E-state index in [1.165, 1.54) is 0 Å². The van der Waals surface area contributed by atoms with Crippen molar-refractivity contribution in [2.24, 2.45) is 0 Å². The van der Waals surface area contributed by atoms with Gasteiger partial charge in [0.15, 0.2) is 11.6 Å². The normalized spacial score (nSPS) is 11.6. The number of rotatable bonds is 3. The maximum Gasteiger partial charge on any atom is 0.573 e. The van der Waals surface area contributed by atoms with Gasteiger partial charge in [0.25, 0.3) is 0 Å². The molecule has 0 aromatic carbocycles. The van der Waals surface area contributed by atoms with Gasteiger partial charge in [-0.2, -0.15) is 0 Å². The lowest BCUT2D eigenvalue weighted by atomic mass is 10.2. The van der Waals surface area contributed by atoms with E-state index >= 15 is 0 Å². The van der Waals surface area contributed by atoms with Gasteiger partial charge in [-0.3, -0.25) is 4.98 Å². The molecule has 0 bridgehead atoms. The summed E-state index contributed by atoms with van der Waals surface area (Å²) < 4.78 is 64.5. The van der Waals surface area contributed by atoms with Gasteiger partial charge >= 0.3 is 6.36 Å². The number of ether oxygens (including phenoxy) is 1. The van der Waals surface area contributed by atoms with Crippen LogP contribution in [-0.4, -0.2) is 16.5 Å². The summed E-state index contributed by atoms with van der Waals surface area (Å²) in [5, 5.41) is 8.57. The first-order valence-corrected chi connectivity index (χ1v) is 3.98. The molecule has 1 aromatic rings. The van der Waals surface area contributed by atoms with Crippen molar-refractivity contribution in [1.82, 2.24) is 4.98 Å². The van der Waals surface area contributed by atoms with Gasteiger partial charge in [0, 0.05) is 11.8 Å². The molecule has 90 valence electrons. The van der Waals surface area contributed by atoms with Crippen LogP contribution in [0.15, 0.2) is 6.20 Å². The van der Waals surface area contributed by atoms with Gasteiger partial charge in [-0.05, 0) is 0 Å². The summed E-state index contributed by atoms with van der Waals surface area (Å²) in [7, 11) is 0. The third kappa shape index (κ3) is 2.78. The van der Waals surface area contributed by atoms with Crippen LogP contribution < -0.4 is 4.74 Å². The highest BCUT2D eigenvalue weighted by Crippen LogP contribution is 2.30. The summed E-state index contributed by atoms with van der Waals surface area (Å²) in [5.74, 6) is -2.82. The number of pyridine rings is 1. The number of aliphatic hydroxyl groups is 1. The zero-order valence-electron chi connectivity index (χ0n) is 7.68. The SMILES string of the molecule is OCc1ncc(CF)c(OC(F)(F)F)c1F.